The summed E-state index contributed by atoms with van der Waals surface area (Å²) in [7, 11) is 3.27. The van der Waals surface area contributed by atoms with E-state index in [1.54, 1.807) is 21.1 Å². The van der Waals surface area contributed by atoms with Crippen LogP contribution in [-0.2, 0) is 11.2 Å². The Morgan fingerprint density at radius 1 is 1.29 bits per heavy atom. The number of benzene rings is 1. The largest absolute Gasteiger partial charge is 0.497 e. The topological polar surface area (TPSA) is 35.5 Å². The van der Waals surface area contributed by atoms with Crippen molar-refractivity contribution in [1.29, 1.82) is 0 Å². The normalized spacial score (nSPS) is 12.0. The molecule has 0 bridgehead atoms. The molecule has 0 saturated carbocycles. The Bertz CT molecular complexity index is 385. The van der Waals surface area contributed by atoms with Gasteiger partial charge in [0.1, 0.15) is 17.3 Å². The van der Waals surface area contributed by atoms with E-state index < -0.39 is 0 Å². The summed E-state index contributed by atoms with van der Waals surface area (Å²) in [4.78, 5) is 11.5. The molecule has 1 rings (SSSR count). The van der Waals surface area contributed by atoms with Crippen molar-refractivity contribution in [3.8, 4) is 11.5 Å². The van der Waals surface area contributed by atoms with Crippen molar-refractivity contribution in [1.82, 2.24) is 0 Å². The van der Waals surface area contributed by atoms with Gasteiger partial charge in [-0.05, 0) is 43.5 Å². The lowest BCUT2D eigenvalue weighted by atomic mass is 9.93. The number of rotatable bonds is 6. The van der Waals surface area contributed by atoms with Gasteiger partial charge in [0.15, 0.2) is 0 Å². The molecule has 0 fully saturated rings. The van der Waals surface area contributed by atoms with Gasteiger partial charge in [0, 0.05) is 5.92 Å². The molecule has 1 unspecified atom stereocenters. The third kappa shape index (κ3) is 3.48. The fourth-order valence-electron chi connectivity index (χ4n) is 1.88. The third-order valence-electron chi connectivity index (χ3n) is 3.02. The minimum atomic E-state index is 0.0519. The first-order valence-electron chi connectivity index (χ1n) is 5.83. The van der Waals surface area contributed by atoms with E-state index in [-0.39, 0.29) is 11.7 Å². The fourth-order valence-corrected chi connectivity index (χ4v) is 1.88. The van der Waals surface area contributed by atoms with Gasteiger partial charge in [-0.2, -0.15) is 0 Å². The number of ketones is 1. The number of hydrogen-bond donors (Lipinski definition) is 0. The van der Waals surface area contributed by atoms with Crippen LogP contribution in [0.25, 0.3) is 0 Å². The van der Waals surface area contributed by atoms with Crippen LogP contribution in [0.5, 0.6) is 11.5 Å². The van der Waals surface area contributed by atoms with Crippen molar-refractivity contribution in [2.24, 2.45) is 5.92 Å². The van der Waals surface area contributed by atoms with Gasteiger partial charge in [-0.15, -0.1) is 0 Å². The Labute approximate surface area is 103 Å². The van der Waals surface area contributed by atoms with Gasteiger partial charge in [0.2, 0.25) is 0 Å². The number of Topliss-reactive ketones (excluding diaryl/α,β-unsaturated/α-hetero) is 1. The highest BCUT2D eigenvalue weighted by Gasteiger charge is 2.15. The molecule has 0 aromatic heterocycles. The quantitative estimate of drug-likeness (QED) is 0.762. The third-order valence-corrected chi connectivity index (χ3v) is 3.02. The van der Waals surface area contributed by atoms with Gasteiger partial charge in [-0.1, -0.05) is 6.92 Å². The minimum Gasteiger partial charge on any atom is -0.497 e. The van der Waals surface area contributed by atoms with Crippen LogP contribution < -0.4 is 9.47 Å². The van der Waals surface area contributed by atoms with Crippen LogP contribution in [0.15, 0.2) is 18.2 Å². The van der Waals surface area contributed by atoms with Gasteiger partial charge in [0.25, 0.3) is 0 Å². The molecule has 0 aliphatic carbocycles. The highest BCUT2D eigenvalue weighted by atomic mass is 16.5. The molecule has 0 aliphatic rings. The van der Waals surface area contributed by atoms with E-state index in [2.05, 4.69) is 0 Å². The van der Waals surface area contributed by atoms with Crippen LogP contribution in [0, 0.1) is 5.92 Å². The lowest BCUT2D eigenvalue weighted by Crippen LogP contribution is -2.13. The maximum atomic E-state index is 11.5. The predicted octanol–water partition coefficient (Wildman–Crippen LogP) is 2.86. The van der Waals surface area contributed by atoms with E-state index in [9.17, 15) is 4.79 Å². The van der Waals surface area contributed by atoms with Crippen LogP contribution >= 0.6 is 0 Å². The summed E-state index contributed by atoms with van der Waals surface area (Å²) in [6.45, 7) is 3.67. The van der Waals surface area contributed by atoms with Crippen molar-refractivity contribution in [3.05, 3.63) is 23.8 Å². The molecular formula is C14H20O3. The van der Waals surface area contributed by atoms with Crippen molar-refractivity contribution in [2.75, 3.05) is 14.2 Å². The number of carbonyl (C=O) groups excluding carboxylic acids is 1. The monoisotopic (exact) mass is 236 g/mol. The second-order valence-electron chi connectivity index (χ2n) is 4.10. The first-order valence-corrected chi connectivity index (χ1v) is 5.83. The molecule has 0 saturated heterocycles. The molecule has 3 nitrogen and oxygen atoms in total. The van der Waals surface area contributed by atoms with Crippen LogP contribution in [0.1, 0.15) is 25.8 Å². The molecule has 0 radical (unpaired) electrons. The lowest BCUT2D eigenvalue weighted by Gasteiger charge is -2.15. The summed E-state index contributed by atoms with van der Waals surface area (Å²) in [5.74, 6) is 1.87. The van der Waals surface area contributed by atoms with Crippen molar-refractivity contribution < 1.29 is 14.3 Å². The maximum Gasteiger partial charge on any atom is 0.133 e. The van der Waals surface area contributed by atoms with Crippen molar-refractivity contribution >= 4 is 5.78 Å². The van der Waals surface area contributed by atoms with Crippen LogP contribution in [0.3, 0.4) is 0 Å². The second-order valence-corrected chi connectivity index (χ2v) is 4.10. The Hall–Kier alpha value is -1.51. The molecule has 17 heavy (non-hydrogen) atoms. The molecular weight excluding hydrogens is 216 g/mol. The molecule has 0 heterocycles. The maximum absolute atomic E-state index is 11.5. The lowest BCUT2D eigenvalue weighted by molar-refractivity contribution is -0.120. The summed E-state index contributed by atoms with van der Waals surface area (Å²) in [6, 6.07) is 5.67. The number of ether oxygens (including phenoxy) is 2. The van der Waals surface area contributed by atoms with Crippen molar-refractivity contribution in [3.63, 3.8) is 0 Å². The molecule has 0 aliphatic heterocycles. The highest BCUT2D eigenvalue weighted by molar-refractivity contribution is 5.78. The average molecular weight is 236 g/mol. The molecule has 1 aromatic carbocycles. The SMILES string of the molecule is CCC(Cc1cc(OC)ccc1OC)C(C)=O. The fraction of sp³-hybridized carbons (Fsp3) is 0.500. The summed E-state index contributed by atoms with van der Waals surface area (Å²) >= 11 is 0. The Morgan fingerprint density at radius 3 is 2.47 bits per heavy atom. The van der Waals surface area contributed by atoms with Gasteiger partial charge in [-0.3, -0.25) is 4.79 Å². The average Bonchev–Trinajstić information content (AvgIpc) is 2.35. The molecule has 0 amide bonds. The zero-order valence-electron chi connectivity index (χ0n) is 10.9. The Balaban J connectivity index is 2.97. The molecule has 3 heteroatoms. The first-order chi connectivity index (χ1) is 8.12. The van der Waals surface area contributed by atoms with E-state index in [4.69, 9.17) is 9.47 Å². The van der Waals surface area contributed by atoms with Gasteiger partial charge >= 0.3 is 0 Å². The van der Waals surface area contributed by atoms with Gasteiger partial charge in [-0.25, -0.2) is 0 Å². The smallest absolute Gasteiger partial charge is 0.133 e. The van der Waals surface area contributed by atoms with E-state index in [0.29, 0.717) is 6.42 Å². The molecule has 1 atom stereocenters. The number of methoxy groups -OCH3 is 2. The Kier molecular flexibility index (Phi) is 5.01. The molecule has 0 N–H and O–H groups in total. The van der Waals surface area contributed by atoms with Crippen LogP contribution in [0.2, 0.25) is 0 Å². The highest BCUT2D eigenvalue weighted by Crippen LogP contribution is 2.27. The first kappa shape index (κ1) is 13.6. The predicted molar refractivity (Wildman–Crippen MR) is 67.7 cm³/mol. The van der Waals surface area contributed by atoms with E-state index >= 15 is 0 Å². The molecule has 1 aromatic rings. The van der Waals surface area contributed by atoms with E-state index in [0.717, 1.165) is 23.5 Å². The van der Waals surface area contributed by atoms with Crippen LogP contribution in [0.4, 0.5) is 0 Å². The summed E-state index contributed by atoms with van der Waals surface area (Å²) in [5, 5.41) is 0. The second kappa shape index (κ2) is 6.28. The van der Waals surface area contributed by atoms with Gasteiger partial charge < -0.3 is 9.47 Å². The zero-order chi connectivity index (χ0) is 12.8. The standard InChI is InChI=1S/C14H20O3/c1-5-11(10(2)15)8-12-9-13(16-3)6-7-14(12)17-4/h6-7,9,11H,5,8H2,1-4H3. The van der Waals surface area contributed by atoms with Crippen LogP contribution in [-0.4, -0.2) is 20.0 Å². The summed E-state index contributed by atoms with van der Waals surface area (Å²) < 4.78 is 10.5. The summed E-state index contributed by atoms with van der Waals surface area (Å²) in [6.07, 6.45) is 1.54. The van der Waals surface area contributed by atoms with E-state index in [1.807, 2.05) is 25.1 Å². The zero-order valence-corrected chi connectivity index (χ0v) is 10.9. The minimum absolute atomic E-state index is 0.0519. The number of carbonyl (C=O) groups is 1. The summed E-state index contributed by atoms with van der Waals surface area (Å²) in [5.41, 5.74) is 1.02. The molecule has 0 spiro atoms. The Morgan fingerprint density at radius 2 is 2.00 bits per heavy atom. The molecule has 94 valence electrons. The number of hydrogen-bond acceptors (Lipinski definition) is 3. The van der Waals surface area contributed by atoms with Crippen molar-refractivity contribution in [2.45, 2.75) is 26.7 Å². The van der Waals surface area contributed by atoms with Gasteiger partial charge in [0.05, 0.1) is 14.2 Å². The van der Waals surface area contributed by atoms with E-state index in [1.165, 1.54) is 0 Å².